The van der Waals surface area contributed by atoms with E-state index in [2.05, 4.69) is 17.4 Å². The van der Waals surface area contributed by atoms with Crippen molar-refractivity contribution in [3.05, 3.63) is 107 Å². The van der Waals surface area contributed by atoms with Crippen LogP contribution in [-0.2, 0) is 6.18 Å². The van der Waals surface area contributed by atoms with Gasteiger partial charge in [-0.2, -0.15) is 13.2 Å². The van der Waals surface area contributed by atoms with Gasteiger partial charge in [0.15, 0.2) is 0 Å². The van der Waals surface area contributed by atoms with E-state index in [9.17, 15) is 18.0 Å². The quantitative estimate of drug-likeness (QED) is 0.279. The van der Waals surface area contributed by atoms with Gasteiger partial charge in [-0.15, -0.1) is 11.3 Å². The summed E-state index contributed by atoms with van der Waals surface area (Å²) in [6.45, 7) is 1.97. The fourth-order valence-electron chi connectivity index (χ4n) is 4.23. The first-order valence-corrected chi connectivity index (χ1v) is 11.7. The fourth-order valence-corrected chi connectivity index (χ4v) is 5.23. The predicted octanol–water partition coefficient (Wildman–Crippen LogP) is 8.23. The van der Waals surface area contributed by atoms with Gasteiger partial charge < -0.3 is 5.32 Å². The molecule has 0 aliphatic rings. The number of nitrogens with one attached hydrogen (secondary N) is 1. The molecule has 5 rings (SSSR count). The molecule has 0 spiro atoms. The lowest BCUT2D eigenvalue weighted by atomic mass is 9.96. The Balaban J connectivity index is 1.42. The van der Waals surface area contributed by atoms with E-state index in [0.29, 0.717) is 11.1 Å². The molecule has 0 bridgehead atoms. The Labute approximate surface area is 198 Å². The molecular formula is C28H20F3NOS. The summed E-state index contributed by atoms with van der Waals surface area (Å²) in [6, 6.07) is 24.1. The molecule has 1 heterocycles. The highest BCUT2D eigenvalue weighted by Gasteiger charge is 2.30. The topological polar surface area (TPSA) is 29.1 Å². The van der Waals surface area contributed by atoms with Gasteiger partial charge in [-0.1, -0.05) is 54.6 Å². The highest BCUT2D eigenvalue weighted by molar-refractivity contribution is 7.17. The minimum atomic E-state index is -4.37. The van der Waals surface area contributed by atoms with Crippen molar-refractivity contribution in [3.63, 3.8) is 0 Å². The third kappa shape index (κ3) is 4.17. The maximum atomic E-state index is 13.0. The summed E-state index contributed by atoms with van der Waals surface area (Å²) in [7, 11) is 0. The minimum absolute atomic E-state index is 0.163. The van der Waals surface area contributed by atoms with E-state index in [1.807, 2.05) is 54.8 Å². The number of amides is 1. The van der Waals surface area contributed by atoms with Gasteiger partial charge >= 0.3 is 6.18 Å². The number of benzene rings is 4. The van der Waals surface area contributed by atoms with Gasteiger partial charge in [0.2, 0.25) is 0 Å². The lowest BCUT2D eigenvalue weighted by Gasteiger charge is -2.16. The van der Waals surface area contributed by atoms with Crippen LogP contribution >= 0.6 is 11.3 Å². The maximum Gasteiger partial charge on any atom is 0.416 e. The number of thiophene rings is 1. The Hall–Kier alpha value is -3.64. The average molecular weight is 476 g/mol. The predicted molar refractivity (Wildman–Crippen MR) is 132 cm³/mol. The van der Waals surface area contributed by atoms with Crippen molar-refractivity contribution in [2.24, 2.45) is 0 Å². The van der Waals surface area contributed by atoms with Crippen molar-refractivity contribution in [1.82, 2.24) is 5.32 Å². The van der Waals surface area contributed by atoms with Gasteiger partial charge in [-0.25, -0.2) is 0 Å². The number of hydrogen-bond acceptors (Lipinski definition) is 2. The first-order valence-electron chi connectivity index (χ1n) is 10.8. The van der Waals surface area contributed by atoms with Crippen molar-refractivity contribution in [2.75, 3.05) is 0 Å². The highest BCUT2D eigenvalue weighted by atomic mass is 32.1. The van der Waals surface area contributed by atoms with Crippen LogP contribution in [0.25, 0.3) is 32.0 Å². The molecule has 1 atom stereocenters. The Morgan fingerprint density at radius 1 is 0.882 bits per heavy atom. The summed E-state index contributed by atoms with van der Waals surface area (Å²) in [4.78, 5) is 13.0. The van der Waals surface area contributed by atoms with Crippen LogP contribution in [-0.4, -0.2) is 5.91 Å². The van der Waals surface area contributed by atoms with Gasteiger partial charge in [-0.3, -0.25) is 4.79 Å². The van der Waals surface area contributed by atoms with Gasteiger partial charge in [0.1, 0.15) is 0 Å². The van der Waals surface area contributed by atoms with Crippen LogP contribution in [0, 0.1) is 0 Å². The first kappa shape index (κ1) is 22.2. The van der Waals surface area contributed by atoms with E-state index < -0.39 is 11.7 Å². The number of carbonyl (C=O) groups is 1. The Bertz CT molecular complexity index is 1500. The van der Waals surface area contributed by atoms with Crippen LogP contribution in [0.15, 0.2) is 90.3 Å². The van der Waals surface area contributed by atoms with E-state index in [1.54, 1.807) is 17.4 Å². The summed E-state index contributed by atoms with van der Waals surface area (Å²) < 4.78 is 39.9. The van der Waals surface area contributed by atoms with Crippen LogP contribution in [0.1, 0.15) is 34.5 Å². The normalized spacial score (nSPS) is 12.7. The molecule has 34 heavy (non-hydrogen) atoms. The van der Waals surface area contributed by atoms with Gasteiger partial charge in [0, 0.05) is 10.3 Å². The molecule has 4 aromatic carbocycles. The lowest BCUT2D eigenvalue weighted by Crippen LogP contribution is -2.26. The smallest absolute Gasteiger partial charge is 0.345 e. The molecule has 1 N–H and O–H groups in total. The maximum absolute atomic E-state index is 13.0. The molecule has 0 fully saturated rings. The fraction of sp³-hybridized carbons (Fsp3) is 0.107. The van der Waals surface area contributed by atoms with Crippen molar-refractivity contribution in [2.45, 2.75) is 19.1 Å². The zero-order valence-electron chi connectivity index (χ0n) is 18.2. The van der Waals surface area contributed by atoms with E-state index in [-0.39, 0.29) is 11.9 Å². The largest absolute Gasteiger partial charge is 0.416 e. The SMILES string of the molecule is C[C@@H](NC(=O)c1ccc2c(-c3ccc(C(F)(F)F)cc3)cccc2c1)c1cccc2ccsc12. The molecule has 5 aromatic rings. The minimum Gasteiger partial charge on any atom is -0.345 e. The number of rotatable bonds is 4. The van der Waals surface area contributed by atoms with E-state index in [4.69, 9.17) is 0 Å². The summed E-state index contributed by atoms with van der Waals surface area (Å²) >= 11 is 1.65. The molecule has 0 saturated heterocycles. The second kappa shape index (κ2) is 8.61. The molecular weight excluding hydrogens is 455 g/mol. The molecule has 0 aliphatic carbocycles. The summed E-state index contributed by atoms with van der Waals surface area (Å²) in [6.07, 6.45) is -4.37. The molecule has 0 aliphatic heterocycles. The van der Waals surface area contributed by atoms with Crippen molar-refractivity contribution in [3.8, 4) is 11.1 Å². The second-order valence-corrected chi connectivity index (χ2v) is 9.11. The number of fused-ring (bicyclic) bond motifs is 2. The summed E-state index contributed by atoms with van der Waals surface area (Å²) in [5.74, 6) is -0.178. The van der Waals surface area contributed by atoms with Gasteiger partial charge in [0.25, 0.3) is 5.91 Å². The standard InChI is InChI=1S/C28H20F3NOS/c1-17(23-6-2-4-19-14-15-34-26(19)23)32-27(33)21-10-13-25-20(16-21)5-3-7-24(25)18-8-11-22(12-9-18)28(29,30)31/h2-17H,1H3,(H,32,33)/t17-/m1/s1. The van der Waals surface area contributed by atoms with Crippen molar-refractivity contribution >= 4 is 38.1 Å². The molecule has 6 heteroatoms. The Kier molecular flexibility index (Phi) is 5.62. The average Bonchev–Trinajstić information content (AvgIpc) is 3.32. The van der Waals surface area contributed by atoms with E-state index >= 15 is 0 Å². The number of halogens is 3. The number of carbonyl (C=O) groups excluding carboxylic acids is 1. The van der Waals surface area contributed by atoms with Crippen molar-refractivity contribution < 1.29 is 18.0 Å². The molecule has 1 aromatic heterocycles. The van der Waals surface area contributed by atoms with Crippen LogP contribution in [0.3, 0.4) is 0 Å². The molecule has 0 unspecified atom stereocenters. The first-order chi connectivity index (χ1) is 16.3. The third-order valence-electron chi connectivity index (χ3n) is 5.99. The summed E-state index contributed by atoms with van der Waals surface area (Å²) in [5.41, 5.74) is 2.43. The van der Waals surface area contributed by atoms with Gasteiger partial charge in [-0.05, 0) is 75.5 Å². The molecule has 0 radical (unpaired) electrons. The third-order valence-corrected chi connectivity index (χ3v) is 6.97. The molecule has 2 nitrogen and oxygen atoms in total. The van der Waals surface area contributed by atoms with E-state index in [0.717, 1.165) is 44.1 Å². The zero-order valence-corrected chi connectivity index (χ0v) is 19.0. The highest BCUT2D eigenvalue weighted by Crippen LogP contribution is 2.34. The molecule has 170 valence electrons. The monoisotopic (exact) mass is 475 g/mol. The van der Waals surface area contributed by atoms with Crippen LogP contribution in [0.4, 0.5) is 13.2 Å². The molecule has 0 saturated carbocycles. The van der Waals surface area contributed by atoms with Crippen LogP contribution in [0.5, 0.6) is 0 Å². The van der Waals surface area contributed by atoms with Crippen molar-refractivity contribution in [1.29, 1.82) is 0 Å². The Morgan fingerprint density at radius 3 is 2.38 bits per heavy atom. The van der Waals surface area contributed by atoms with E-state index in [1.165, 1.54) is 12.1 Å². The van der Waals surface area contributed by atoms with Gasteiger partial charge in [0.05, 0.1) is 11.6 Å². The second-order valence-electron chi connectivity index (χ2n) is 8.20. The number of alkyl halides is 3. The van der Waals surface area contributed by atoms with Crippen LogP contribution in [0.2, 0.25) is 0 Å². The lowest BCUT2D eigenvalue weighted by molar-refractivity contribution is -0.137. The molecule has 1 amide bonds. The Morgan fingerprint density at radius 2 is 1.62 bits per heavy atom. The number of hydrogen-bond donors (Lipinski definition) is 1. The van der Waals surface area contributed by atoms with Crippen LogP contribution < -0.4 is 5.32 Å². The summed E-state index contributed by atoms with van der Waals surface area (Å²) in [5, 5.41) is 8.00. The zero-order chi connectivity index (χ0) is 23.9.